The van der Waals surface area contributed by atoms with Crippen LogP contribution >= 0.6 is 0 Å². The minimum atomic E-state index is -0.324. The Morgan fingerprint density at radius 3 is 3.00 bits per heavy atom. The smallest absolute Gasteiger partial charge is 0.292 e. The third-order valence-electron chi connectivity index (χ3n) is 2.47. The Hall–Kier alpha value is -1.47. The summed E-state index contributed by atoms with van der Waals surface area (Å²) in [6.45, 7) is 4.45. The van der Waals surface area contributed by atoms with Gasteiger partial charge in [0.25, 0.3) is 11.7 Å². The Morgan fingerprint density at radius 2 is 2.31 bits per heavy atom. The summed E-state index contributed by atoms with van der Waals surface area (Å²) in [4.78, 5) is 17.4. The lowest BCUT2D eigenvalue weighted by molar-refractivity contribution is 0.0950. The summed E-state index contributed by atoms with van der Waals surface area (Å²) < 4.78 is 5.01. The van der Waals surface area contributed by atoms with Gasteiger partial charge in [-0.1, -0.05) is 5.16 Å². The summed E-state index contributed by atoms with van der Waals surface area (Å²) in [6.07, 6.45) is 0. The van der Waals surface area contributed by atoms with E-state index in [0.717, 1.165) is 26.2 Å². The SMILES string of the molecule is CNC(=O)c1noc(CN2CCNCC2)n1. The Balaban J connectivity index is 1.94. The molecule has 0 radical (unpaired) electrons. The molecule has 2 heterocycles. The van der Waals surface area contributed by atoms with Gasteiger partial charge < -0.3 is 15.2 Å². The van der Waals surface area contributed by atoms with Gasteiger partial charge in [0.2, 0.25) is 5.89 Å². The lowest BCUT2D eigenvalue weighted by atomic mass is 10.3. The van der Waals surface area contributed by atoms with Crippen LogP contribution in [0, 0.1) is 0 Å². The van der Waals surface area contributed by atoms with Crippen LogP contribution in [0.2, 0.25) is 0 Å². The standard InChI is InChI=1S/C9H15N5O2/c1-10-9(15)8-12-7(16-13-8)6-14-4-2-11-3-5-14/h11H,2-6H2,1H3,(H,10,15). The highest BCUT2D eigenvalue weighted by atomic mass is 16.5. The van der Waals surface area contributed by atoms with Gasteiger partial charge in [-0.3, -0.25) is 9.69 Å². The van der Waals surface area contributed by atoms with Crippen molar-refractivity contribution in [3.8, 4) is 0 Å². The van der Waals surface area contributed by atoms with Crippen LogP contribution in [0.5, 0.6) is 0 Å². The number of nitrogens with zero attached hydrogens (tertiary/aromatic N) is 3. The first-order valence-electron chi connectivity index (χ1n) is 5.27. The highest BCUT2D eigenvalue weighted by Crippen LogP contribution is 2.03. The van der Waals surface area contributed by atoms with Crippen molar-refractivity contribution in [1.82, 2.24) is 25.7 Å². The van der Waals surface area contributed by atoms with Crippen LogP contribution in [0.25, 0.3) is 0 Å². The summed E-state index contributed by atoms with van der Waals surface area (Å²) in [5, 5.41) is 9.32. The molecule has 16 heavy (non-hydrogen) atoms. The number of rotatable bonds is 3. The van der Waals surface area contributed by atoms with Gasteiger partial charge in [0, 0.05) is 33.2 Å². The number of nitrogens with one attached hydrogen (secondary N) is 2. The van der Waals surface area contributed by atoms with Crippen molar-refractivity contribution in [3.05, 3.63) is 11.7 Å². The maximum atomic E-state index is 11.2. The fourth-order valence-electron chi connectivity index (χ4n) is 1.58. The van der Waals surface area contributed by atoms with E-state index < -0.39 is 0 Å². The zero-order chi connectivity index (χ0) is 11.4. The maximum Gasteiger partial charge on any atom is 0.292 e. The number of carbonyl (C=O) groups is 1. The van der Waals surface area contributed by atoms with E-state index in [4.69, 9.17) is 4.52 Å². The average molecular weight is 225 g/mol. The fraction of sp³-hybridized carbons (Fsp3) is 0.667. The van der Waals surface area contributed by atoms with E-state index in [0.29, 0.717) is 12.4 Å². The molecule has 1 fully saturated rings. The molecule has 0 bridgehead atoms. The average Bonchev–Trinajstić information content (AvgIpc) is 2.78. The Morgan fingerprint density at radius 1 is 1.56 bits per heavy atom. The molecular formula is C9H15N5O2. The van der Waals surface area contributed by atoms with E-state index in [1.165, 1.54) is 7.05 Å². The Labute approximate surface area is 93.2 Å². The number of piperazine rings is 1. The van der Waals surface area contributed by atoms with Crippen molar-refractivity contribution < 1.29 is 9.32 Å². The molecule has 0 saturated carbocycles. The molecule has 1 aromatic heterocycles. The first kappa shape index (κ1) is 11.0. The van der Waals surface area contributed by atoms with Crippen LogP contribution in [0.1, 0.15) is 16.5 Å². The molecule has 0 spiro atoms. The predicted octanol–water partition coefficient (Wildman–Crippen LogP) is -1.17. The number of carbonyl (C=O) groups excluding carboxylic acids is 1. The number of aromatic nitrogens is 2. The van der Waals surface area contributed by atoms with Crippen LogP contribution in [-0.2, 0) is 6.54 Å². The Kier molecular flexibility index (Phi) is 3.47. The third-order valence-corrected chi connectivity index (χ3v) is 2.47. The van der Waals surface area contributed by atoms with Crippen LogP contribution in [0.15, 0.2) is 4.52 Å². The zero-order valence-electron chi connectivity index (χ0n) is 9.19. The summed E-state index contributed by atoms with van der Waals surface area (Å²) in [7, 11) is 1.54. The molecule has 0 aliphatic carbocycles. The van der Waals surface area contributed by atoms with Crippen LogP contribution in [-0.4, -0.2) is 54.2 Å². The molecule has 2 N–H and O–H groups in total. The van der Waals surface area contributed by atoms with Crippen LogP contribution < -0.4 is 10.6 Å². The first-order valence-corrected chi connectivity index (χ1v) is 5.27. The zero-order valence-corrected chi connectivity index (χ0v) is 9.19. The second-order valence-electron chi connectivity index (χ2n) is 3.62. The van der Waals surface area contributed by atoms with E-state index in [2.05, 4.69) is 25.7 Å². The van der Waals surface area contributed by atoms with Gasteiger partial charge in [-0.2, -0.15) is 4.98 Å². The molecule has 0 aromatic carbocycles. The monoisotopic (exact) mass is 225 g/mol. The van der Waals surface area contributed by atoms with E-state index in [9.17, 15) is 4.79 Å². The number of amides is 1. The van der Waals surface area contributed by atoms with Crippen molar-refractivity contribution in [2.24, 2.45) is 0 Å². The fourth-order valence-corrected chi connectivity index (χ4v) is 1.58. The van der Waals surface area contributed by atoms with Crippen molar-refractivity contribution in [2.45, 2.75) is 6.54 Å². The second kappa shape index (κ2) is 5.04. The van der Waals surface area contributed by atoms with E-state index in [-0.39, 0.29) is 11.7 Å². The van der Waals surface area contributed by atoms with Gasteiger partial charge in [0.05, 0.1) is 6.54 Å². The minimum Gasteiger partial charge on any atom is -0.352 e. The molecule has 7 heteroatoms. The molecule has 0 unspecified atom stereocenters. The molecular weight excluding hydrogens is 210 g/mol. The van der Waals surface area contributed by atoms with Gasteiger partial charge in [0.15, 0.2) is 0 Å². The lowest BCUT2D eigenvalue weighted by Gasteiger charge is -2.25. The van der Waals surface area contributed by atoms with Gasteiger partial charge in [-0.15, -0.1) is 0 Å². The molecule has 1 aliphatic rings. The highest BCUT2D eigenvalue weighted by molar-refractivity contribution is 5.89. The van der Waals surface area contributed by atoms with Gasteiger partial charge in [-0.05, 0) is 0 Å². The molecule has 7 nitrogen and oxygen atoms in total. The molecule has 1 aliphatic heterocycles. The summed E-state index contributed by atoms with van der Waals surface area (Å²) in [5.74, 6) is 0.253. The molecule has 1 amide bonds. The van der Waals surface area contributed by atoms with Gasteiger partial charge in [0.1, 0.15) is 0 Å². The lowest BCUT2D eigenvalue weighted by Crippen LogP contribution is -2.42. The third kappa shape index (κ3) is 2.56. The summed E-state index contributed by atoms with van der Waals surface area (Å²) >= 11 is 0. The topological polar surface area (TPSA) is 83.3 Å². The molecule has 88 valence electrons. The van der Waals surface area contributed by atoms with Crippen molar-refractivity contribution in [1.29, 1.82) is 0 Å². The summed E-state index contributed by atoms with van der Waals surface area (Å²) in [5.41, 5.74) is 0. The molecule has 1 saturated heterocycles. The van der Waals surface area contributed by atoms with E-state index >= 15 is 0 Å². The van der Waals surface area contributed by atoms with Gasteiger partial charge in [-0.25, -0.2) is 0 Å². The molecule has 2 rings (SSSR count). The molecule has 1 aromatic rings. The second-order valence-corrected chi connectivity index (χ2v) is 3.62. The van der Waals surface area contributed by atoms with Crippen molar-refractivity contribution in [2.75, 3.05) is 33.2 Å². The largest absolute Gasteiger partial charge is 0.352 e. The van der Waals surface area contributed by atoms with Crippen LogP contribution in [0.4, 0.5) is 0 Å². The number of hydrogen-bond acceptors (Lipinski definition) is 6. The Bertz CT molecular complexity index is 359. The highest BCUT2D eigenvalue weighted by Gasteiger charge is 2.16. The predicted molar refractivity (Wildman–Crippen MR) is 55.8 cm³/mol. The van der Waals surface area contributed by atoms with Crippen molar-refractivity contribution >= 4 is 5.91 Å². The van der Waals surface area contributed by atoms with E-state index in [1.54, 1.807) is 0 Å². The first-order chi connectivity index (χ1) is 7.79. The number of hydrogen-bond donors (Lipinski definition) is 2. The van der Waals surface area contributed by atoms with Gasteiger partial charge >= 0.3 is 0 Å². The normalized spacial score (nSPS) is 17.3. The maximum absolute atomic E-state index is 11.2. The van der Waals surface area contributed by atoms with Crippen molar-refractivity contribution in [3.63, 3.8) is 0 Å². The quantitative estimate of drug-likeness (QED) is 0.674. The molecule has 0 atom stereocenters. The van der Waals surface area contributed by atoms with Crippen LogP contribution in [0.3, 0.4) is 0 Å². The summed E-state index contributed by atoms with van der Waals surface area (Å²) in [6, 6.07) is 0. The van der Waals surface area contributed by atoms with E-state index in [1.807, 2.05) is 0 Å². The minimum absolute atomic E-state index is 0.0904.